The van der Waals surface area contributed by atoms with Gasteiger partial charge < -0.3 is 9.88 Å². The summed E-state index contributed by atoms with van der Waals surface area (Å²) in [5, 5.41) is 11.7. The molecule has 2 atom stereocenters. The van der Waals surface area contributed by atoms with Crippen molar-refractivity contribution in [1.82, 2.24) is 20.1 Å². The lowest BCUT2D eigenvalue weighted by molar-refractivity contribution is 0.213. The summed E-state index contributed by atoms with van der Waals surface area (Å²) in [6, 6.07) is 0.643. The van der Waals surface area contributed by atoms with Crippen molar-refractivity contribution in [2.45, 2.75) is 65.5 Å². The molecule has 0 saturated heterocycles. The molecule has 1 aromatic rings. The summed E-state index contributed by atoms with van der Waals surface area (Å²) >= 11 is 0. The van der Waals surface area contributed by atoms with Gasteiger partial charge in [-0.25, -0.2) is 0 Å². The van der Waals surface area contributed by atoms with Crippen LogP contribution in [0.1, 0.15) is 58.7 Å². The third kappa shape index (κ3) is 4.03. The van der Waals surface area contributed by atoms with Crippen molar-refractivity contribution >= 4 is 0 Å². The maximum atomic E-state index is 4.13. The van der Waals surface area contributed by atoms with Crippen molar-refractivity contribution in [3.63, 3.8) is 0 Å². The summed E-state index contributed by atoms with van der Waals surface area (Å²) < 4.78 is 1.99. The summed E-state index contributed by atoms with van der Waals surface area (Å²) in [5.41, 5.74) is 0.457. The molecule has 1 saturated carbocycles. The highest BCUT2D eigenvalue weighted by atomic mass is 15.3. The molecule has 1 aliphatic rings. The van der Waals surface area contributed by atoms with E-state index in [2.05, 4.69) is 36.3 Å². The van der Waals surface area contributed by atoms with Crippen molar-refractivity contribution in [2.24, 2.45) is 18.4 Å². The van der Waals surface area contributed by atoms with E-state index >= 15 is 0 Å². The lowest BCUT2D eigenvalue weighted by Crippen LogP contribution is -2.29. The zero-order chi connectivity index (χ0) is 13.9. The molecule has 1 aliphatic carbocycles. The van der Waals surface area contributed by atoms with Gasteiger partial charge in [-0.2, -0.15) is 0 Å². The van der Waals surface area contributed by atoms with Crippen LogP contribution >= 0.6 is 0 Å². The predicted octanol–water partition coefficient (Wildman–Crippen LogP) is 2.90. The Bertz CT molecular complexity index is 391. The smallest absolute Gasteiger partial charge is 0.146 e. The van der Waals surface area contributed by atoms with E-state index in [1.165, 1.54) is 32.1 Å². The monoisotopic (exact) mass is 264 g/mol. The van der Waals surface area contributed by atoms with Gasteiger partial charge in [0.15, 0.2) is 0 Å². The van der Waals surface area contributed by atoms with Crippen LogP contribution in [0.2, 0.25) is 0 Å². The molecule has 1 fully saturated rings. The fourth-order valence-electron chi connectivity index (χ4n) is 3.07. The average molecular weight is 264 g/mol. The molecule has 19 heavy (non-hydrogen) atoms. The molecule has 1 N–H and O–H groups in total. The van der Waals surface area contributed by atoms with Crippen LogP contribution in [0.15, 0.2) is 6.33 Å². The summed E-state index contributed by atoms with van der Waals surface area (Å²) in [6.45, 7) is 7.97. The molecule has 0 aliphatic heterocycles. The van der Waals surface area contributed by atoms with Gasteiger partial charge in [0.1, 0.15) is 12.2 Å². The van der Waals surface area contributed by atoms with Gasteiger partial charge >= 0.3 is 0 Å². The second kappa shape index (κ2) is 6.04. The second-order valence-corrected chi connectivity index (χ2v) is 7.01. The highest BCUT2D eigenvalue weighted by Crippen LogP contribution is 2.36. The maximum Gasteiger partial charge on any atom is 0.146 e. The molecule has 2 rings (SSSR count). The fourth-order valence-corrected chi connectivity index (χ4v) is 3.07. The van der Waals surface area contributed by atoms with Gasteiger partial charge in [0, 0.05) is 13.1 Å². The van der Waals surface area contributed by atoms with Crippen LogP contribution in [0.5, 0.6) is 0 Å². The van der Waals surface area contributed by atoms with Crippen molar-refractivity contribution in [1.29, 1.82) is 0 Å². The van der Waals surface area contributed by atoms with Crippen molar-refractivity contribution in [3.8, 4) is 0 Å². The first-order valence-corrected chi connectivity index (χ1v) is 7.53. The Hall–Kier alpha value is -0.900. The first-order chi connectivity index (χ1) is 8.97. The van der Waals surface area contributed by atoms with Crippen LogP contribution in [-0.4, -0.2) is 20.8 Å². The number of nitrogens with zero attached hydrogens (tertiary/aromatic N) is 3. The average Bonchev–Trinajstić information content (AvgIpc) is 2.61. The van der Waals surface area contributed by atoms with E-state index in [-0.39, 0.29) is 0 Å². The van der Waals surface area contributed by atoms with Crippen LogP contribution in [0.4, 0.5) is 0 Å². The van der Waals surface area contributed by atoms with Crippen molar-refractivity contribution in [3.05, 3.63) is 12.2 Å². The molecule has 1 aromatic heterocycles. The number of aromatic nitrogens is 3. The third-order valence-corrected chi connectivity index (χ3v) is 4.55. The van der Waals surface area contributed by atoms with Crippen LogP contribution in [0.3, 0.4) is 0 Å². The van der Waals surface area contributed by atoms with Crippen LogP contribution in [0, 0.1) is 11.3 Å². The van der Waals surface area contributed by atoms with Gasteiger partial charge in [-0.1, -0.05) is 27.2 Å². The molecule has 0 bridgehead atoms. The normalized spacial score (nSPS) is 25.3. The van der Waals surface area contributed by atoms with Crippen LogP contribution < -0.4 is 5.32 Å². The number of hydrogen-bond acceptors (Lipinski definition) is 3. The second-order valence-electron chi connectivity index (χ2n) is 7.01. The molecule has 0 aromatic carbocycles. The van der Waals surface area contributed by atoms with Crippen molar-refractivity contribution in [2.75, 3.05) is 0 Å². The first kappa shape index (κ1) is 14.5. The molecule has 0 amide bonds. The number of hydrogen-bond donors (Lipinski definition) is 1. The zero-order valence-corrected chi connectivity index (χ0v) is 12.8. The van der Waals surface area contributed by atoms with E-state index in [9.17, 15) is 0 Å². The van der Waals surface area contributed by atoms with Crippen LogP contribution in [0.25, 0.3) is 0 Å². The molecule has 0 spiro atoms. The lowest BCUT2D eigenvalue weighted by atomic mass is 9.76. The van der Waals surface area contributed by atoms with E-state index in [4.69, 9.17) is 0 Å². The molecule has 4 nitrogen and oxygen atoms in total. The first-order valence-electron chi connectivity index (χ1n) is 7.53. The summed E-state index contributed by atoms with van der Waals surface area (Å²) in [6.07, 6.45) is 8.42. The Kier molecular flexibility index (Phi) is 4.61. The van der Waals surface area contributed by atoms with Gasteiger partial charge in [-0.15, -0.1) is 10.2 Å². The van der Waals surface area contributed by atoms with Gasteiger partial charge in [0.25, 0.3) is 0 Å². The third-order valence-electron chi connectivity index (χ3n) is 4.55. The topological polar surface area (TPSA) is 42.7 Å². The van der Waals surface area contributed by atoms with Gasteiger partial charge in [-0.05, 0) is 37.0 Å². The standard InChI is InChI=1S/C15H28N4/c1-15(2,3)12-6-5-7-13(9-8-12)16-10-14-18-17-11-19(14)4/h11-13,16H,5-10H2,1-4H3. The Morgan fingerprint density at radius 3 is 2.68 bits per heavy atom. The SMILES string of the molecule is Cn1cnnc1CNC1CCCC(C(C)(C)C)CC1. The molecule has 1 heterocycles. The Labute approximate surface area is 117 Å². The fraction of sp³-hybridized carbons (Fsp3) is 0.867. The van der Waals surface area contributed by atoms with Gasteiger partial charge in [0.2, 0.25) is 0 Å². The Morgan fingerprint density at radius 1 is 1.26 bits per heavy atom. The maximum absolute atomic E-state index is 4.13. The van der Waals surface area contributed by atoms with Crippen LogP contribution in [-0.2, 0) is 13.6 Å². The largest absolute Gasteiger partial charge is 0.320 e. The minimum absolute atomic E-state index is 0.457. The van der Waals surface area contributed by atoms with E-state index in [1.807, 2.05) is 11.6 Å². The highest BCUT2D eigenvalue weighted by Gasteiger charge is 2.27. The van der Waals surface area contributed by atoms with E-state index < -0.39 is 0 Å². The minimum Gasteiger partial charge on any atom is -0.320 e. The lowest BCUT2D eigenvalue weighted by Gasteiger charge is -2.29. The van der Waals surface area contributed by atoms with E-state index in [0.29, 0.717) is 11.5 Å². The number of rotatable bonds is 3. The molecule has 0 radical (unpaired) electrons. The van der Waals surface area contributed by atoms with Gasteiger partial charge in [-0.3, -0.25) is 0 Å². The van der Waals surface area contributed by atoms with E-state index in [1.54, 1.807) is 6.33 Å². The highest BCUT2D eigenvalue weighted by molar-refractivity contribution is 4.86. The number of aryl methyl sites for hydroxylation is 1. The summed E-state index contributed by atoms with van der Waals surface area (Å²) in [7, 11) is 2.00. The molecule has 4 heteroatoms. The molecule has 108 valence electrons. The van der Waals surface area contributed by atoms with Crippen molar-refractivity contribution < 1.29 is 0 Å². The van der Waals surface area contributed by atoms with Gasteiger partial charge in [0.05, 0.1) is 6.54 Å². The predicted molar refractivity (Wildman–Crippen MR) is 77.7 cm³/mol. The molecule has 2 unspecified atom stereocenters. The summed E-state index contributed by atoms with van der Waals surface area (Å²) in [4.78, 5) is 0. The molecular weight excluding hydrogens is 236 g/mol. The Morgan fingerprint density at radius 2 is 2.05 bits per heavy atom. The number of nitrogens with one attached hydrogen (secondary N) is 1. The minimum atomic E-state index is 0.457. The van der Waals surface area contributed by atoms with E-state index in [0.717, 1.165) is 18.3 Å². The quantitative estimate of drug-likeness (QED) is 0.854. The summed E-state index contributed by atoms with van der Waals surface area (Å²) in [5.74, 6) is 1.89. The molecular formula is C15H28N4. The zero-order valence-electron chi connectivity index (χ0n) is 12.8. The Balaban J connectivity index is 1.82.